The zero-order chi connectivity index (χ0) is 14.8. The van der Waals surface area contributed by atoms with Gasteiger partial charge in [-0.1, -0.05) is 30.4 Å². The number of halogens is 1. The van der Waals surface area contributed by atoms with E-state index >= 15 is 0 Å². The Kier molecular flexibility index (Phi) is 4.03. The van der Waals surface area contributed by atoms with Crippen LogP contribution in [0.5, 0.6) is 0 Å². The van der Waals surface area contributed by atoms with Crippen molar-refractivity contribution >= 4 is 28.1 Å². The molecule has 0 atom stereocenters. The number of aryl methyl sites for hydroxylation is 1. The molecule has 0 radical (unpaired) electrons. The normalized spacial score (nSPS) is 11.1. The first-order valence-corrected chi connectivity index (χ1v) is 8.23. The topological polar surface area (TPSA) is 47.3 Å². The van der Waals surface area contributed by atoms with E-state index < -0.39 is 0 Å². The van der Waals surface area contributed by atoms with E-state index in [9.17, 15) is 9.18 Å². The number of hydrogen-bond donors (Lipinski definition) is 0. The van der Waals surface area contributed by atoms with Crippen LogP contribution in [0.2, 0.25) is 0 Å². The predicted molar refractivity (Wildman–Crippen MR) is 82.5 cm³/mol. The second-order valence-corrected chi connectivity index (χ2v) is 6.41. The highest BCUT2D eigenvalue weighted by Crippen LogP contribution is 2.24. The van der Waals surface area contributed by atoms with E-state index in [1.54, 1.807) is 18.2 Å². The lowest BCUT2D eigenvalue weighted by Gasteiger charge is -2.02. The average molecular weight is 321 g/mol. The molecule has 0 aliphatic carbocycles. The Balaban J connectivity index is 1.87. The fraction of sp³-hybridized carbons (Fsp3) is 0.214. The molecule has 0 unspecified atom stereocenters. The van der Waals surface area contributed by atoms with Crippen LogP contribution in [0.25, 0.3) is 4.96 Å². The SMILES string of the molecule is CCc1nn2c(=O)cc(CSc3ccccc3F)nc2s1. The smallest absolute Gasteiger partial charge is 0.267 e. The molecule has 4 nitrogen and oxygen atoms in total. The summed E-state index contributed by atoms with van der Waals surface area (Å²) in [7, 11) is 0. The Hall–Kier alpha value is -1.73. The molecular weight excluding hydrogens is 309 g/mol. The molecule has 0 spiro atoms. The zero-order valence-electron chi connectivity index (χ0n) is 11.2. The van der Waals surface area contributed by atoms with Gasteiger partial charge in [0.1, 0.15) is 10.8 Å². The Labute approximate surface area is 128 Å². The quantitative estimate of drug-likeness (QED) is 0.693. The molecule has 3 rings (SSSR count). The summed E-state index contributed by atoms with van der Waals surface area (Å²) in [6.07, 6.45) is 0.771. The van der Waals surface area contributed by atoms with E-state index in [0.29, 0.717) is 21.3 Å². The van der Waals surface area contributed by atoms with Gasteiger partial charge in [0, 0.05) is 16.7 Å². The summed E-state index contributed by atoms with van der Waals surface area (Å²) < 4.78 is 14.9. The molecule has 0 aliphatic rings. The summed E-state index contributed by atoms with van der Waals surface area (Å²) in [5.74, 6) is 0.192. The van der Waals surface area contributed by atoms with Crippen LogP contribution in [-0.4, -0.2) is 14.6 Å². The van der Waals surface area contributed by atoms with Crippen molar-refractivity contribution in [2.24, 2.45) is 0 Å². The van der Waals surface area contributed by atoms with E-state index in [1.165, 1.54) is 39.7 Å². The molecule has 0 saturated carbocycles. The van der Waals surface area contributed by atoms with Crippen LogP contribution in [0.4, 0.5) is 4.39 Å². The van der Waals surface area contributed by atoms with Gasteiger partial charge in [0.25, 0.3) is 5.56 Å². The molecule has 21 heavy (non-hydrogen) atoms. The fourth-order valence-corrected chi connectivity index (χ4v) is 3.52. The van der Waals surface area contributed by atoms with Gasteiger partial charge in [-0.3, -0.25) is 4.79 Å². The van der Waals surface area contributed by atoms with Crippen LogP contribution in [0.1, 0.15) is 17.6 Å². The first-order chi connectivity index (χ1) is 10.2. The lowest BCUT2D eigenvalue weighted by atomic mass is 10.3. The number of rotatable bonds is 4. The molecule has 3 aromatic rings. The van der Waals surface area contributed by atoms with Crippen LogP contribution in [0.15, 0.2) is 40.0 Å². The van der Waals surface area contributed by atoms with Crippen LogP contribution < -0.4 is 5.56 Å². The summed E-state index contributed by atoms with van der Waals surface area (Å²) in [5, 5.41) is 5.07. The van der Waals surface area contributed by atoms with Crippen molar-refractivity contribution < 1.29 is 4.39 Å². The van der Waals surface area contributed by atoms with Crippen molar-refractivity contribution in [3.05, 3.63) is 57.2 Å². The molecule has 108 valence electrons. The summed E-state index contributed by atoms with van der Waals surface area (Å²) >= 11 is 2.74. The average Bonchev–Trinajstić information content (AvgIpc) is 2.90. The largest absolute Gasteiger partial charge is 0.275 e. The molecule has 2 heterocycles. The van der Waals surface area contributed by atoms with Gasteiger partial charge in [-0.15, -0.1) is 11.8 Å². The zero-order valence-corrected chi connectivity index (χ0v) is 12.9. The minimum absolute atomic E-state index is 0.194. The van der Waals surface area contributed by atoms with Crippen LogP contribution >= 0.6 is 23.1 Å². The van der Waals surface area contributed by atoms with Crippen molar-refractivity contribution in [3.8, 4) is 0 Å². The van der Waals surface area contributed by atoms with Crippen LogP contribution in [-0.2, 0) is 12.2 Å². The predicted octanol–water partition coefficient (Wildman–Crippen LogP) is 3.14. The number of thioether (sulfide) groups is 1. The van der Waals surface area contributed by atoms with Crippen molar-refractivity contribution in [2.75, 3.05) is 0 Å². The van der Waals surface area contributed by atoms with Gasteiger partial charge in [0.05, 0.1) is 5.69 Å². The maximum atomic E-state index is 13.6. The third kappa shape index (κ3) is 2.98. The number of benzene rings is 1. The van der Waals surface area contributed by atoms with Gasteiger partial charge in [-0.05, 0) is 18.6 Å². The molecule has 0 fully saturated rings. The first kappa shape index (κ1) is 14.2. The van der Waals surface area contributed by atoms with E-state index in [2.05, 4.69) is 10.1 Å². The van der Waals surface area contributed by atoms with Gasteiger partial charge in [-0.2, -0.15) is 9.61 Å². The molecule has 0 saturated heterocycles. The summed E-state index contributed by atoms with van der Waals surface area (Å²) in [5.41, 5.74) is 0.444. The Morgan fingerprint density at radius 1 is 1.38 bits per heavy atom. The highest BCUT2D eigenvalue weighted by Gasteiger charge is 2.09. The van der Waals surface area contributed by atoms with E-state index in [1.807, 2.05) is 6.92 Å². The molecule has 0 aliphatic heterocycles. The maximum Gasteiger partial charge on any atom is 0.275 e. The molecule has 7 heteroatoms. The van der Waals surface area contributed by atoms with E-state index in [-0.39, 0.29) is 11.4 Å². The summed E-state index contributed by atoms with van der Waals surface area (Å²) in [6.45, 7) is 1.98. The highest BCUT2D eigenvalue weighted by molar-refractivity contribution is 7.98. The minimum atomic E-state index is -0.258. The number of fused-ring (bicyclic) bond motifs is 1. The lowest BCUT2D eigenvalue weighted by Crippen LogP contribution is -2.15. The van der Waals surface area contributed by atoms with Gasteiger partial charge >= 0.3 is 0 Å². The Bertz CT molecular complexity index is 844. The molecule has 0 amide bonds. The standard InChI is InChI=1S/C14H12FN3OS2/c1-2-12-17-18-13(19)7-9(16-14(18)21-12)8-20-11-6-4-3-5-10(11)15/h3-7H,2,8H2,1H3. The maximum absolute atomic E-state index is 13.6. The summed E-state index contributed by atoms with van der Waals surface area (Å²) in [6, 6.07) is 8.03. The van der Waals surface area contributed by atoms with Gasteiger partial charge in [0.2, 0.25) is 4.96 Å². The van der Waals surface area contributed by atoms with Gasteiger partial charge in [0.15, 0.2) is 0 Å². The third-order valence-corrected chi connectivity index (χ3v) is 4.99. The molecule has 1 aromatic carbocycles. The molecule has 0 bridgehead atoms. The van der Waals surface area contributed by atoms with Crippen LogP contribution in [0, 0.1) is 5.82 Å². The molecular formula is C14H12FN3OS2. The number of hydrogen-bond acceptors (Lipinski definition) is 5. The fourth-order valence-electron chi connectivity index (χ4n) is 1.83. The molecule has 0 N–H and O–H groups in total. The molecule has 2 aromatic heterocycles. The van der Waals surface area contributed by atoms with E-state index in [0.717, 1.165) is 11.4 Å². The van der Waals surface area contributed by atoms with Crippen LogP contribution in [0.3, 0.4) is 0 Å². The number of nitrogens with zero attached hydrogens (tertiary/aromatic N) is 3. The lowest BCUT2D eigenvalue weighted by molar-refractivity contribution is 0.602. The summed E-state index contributed by atoms with van der Waals surface area (Å²) in [4.78, 5) is 17.6. The van der Waals surface area contributed by atoms with E-state index in [4.69, 9.17) is 0 Å². The highest BCUT2D eigenvalue weighted by atomic mass is 32.2. The van der Waals surface area contributed by atoms with Crippen molar-refractivity contribution in [3.63, 3.8) is 0 Å². The van der Waals surface area contributed by atoms with Crippen molar-refractivity contribution in [2.45, 2.75) is 24.0 Å². The Morgan fingerprint density at radius 2 is 2.19 bits per heavy atom. The van der Waals surface area contributed by atoms with Crippen molar-refractivity contribution in [1.29, 1.82) is 0 Å². The second kappa shape index (κ2) is 5.95. The monoisotopic (exact) mass is 321 g/mol. The van der Waals surface area contributed by atoms with Crippen molar-refractivity contribution in [1.82, 2.24) is 14.6 Å². The number of aromatic nitrogens is 3. The third-order valence-electron chi connectivity index (χ3n) is 2.85. The van der Waals surface area contributed by atoms with Gasteiger partial charge in [-0.25, -0.2) is 9.37 Å². The Morgan fingerprint density at radius 3 is 2.95 bits per heavy atom. The van der Waals surface area contributed by atoms with Gasteiger partial charge < -0.3 is 0 Å². The first-order valence-electron chi connectivity index (χ1n) is 6.43. The second-order valence-electron chi connectivity index (χ2n) is 4.35. The minimum Gasteiger partial charge on any atom is -0.267 e.